The lowest BCUT2D eigenvalue weighted by molar-refractivity contribution is 0.212. The largest absolute Gasteiger partial charge is 0.493 e. The van der Waals surface area contributed by atoms with Crippen LogP contribution in [0.4, 0.5) is 22.1 Å². The second-order valence-electron chi connectivity index (χ2n) is 8.79. The zero-order valence-electron chi connectivity index (χ0n) is 21.9. The molecule has 4 aromatic rings. The van der Waals surface area contributed by atoms with E-state index in [1.807, 2.05) is 54.6 Å². The number of amides is 2. The molecule has 3 aromatic carbocycles. The molecule has 1 aromatic heterocycles. The quantitative estimate of drug-likeness (QED) is 0.299. The van der Waals surface area contributed by atoms with E-state index in [9.17, 15) is 4.79 Å². The number of carbonyl (C=O) groups excluding carboxylic acids is 1. The van der Waals surface area contributed by atoms with Crippen molar-refractivity contribution < 1.29 is 23.7 Å². The van der Waals surface area contributed by atoms with Crippen molar-refractivity contribution >= 4 is 23.4 Å². The molecule has 200 valence electrons. The maximum Gasteiger partial charge on any atom is 0.322 e. The van der Waals surface area contributed by atoms with Crippen molar-refractivity contribution in [3.63, 3.8) is 0 Å². The topological polar surface area (TPSA) is 107 Å². The van der Waals surface area contributed by atoms with Gasteiger partial charge in [0.05, 0.1) is 45.8 Å². The first-order valence-corrected chi connectivity index (χ1v) is 12.3. The Labute approximate surface area is 226 Å². The van der Waals surface area contributed by atoms with Crippen LogP contribution in [0.15, 0.2) is 72.9 Å². The Morgan fingerprint density at radius 1 is 0.897 bits per heavy atom. The van der Waals surface area contributed by atoms with E-state index in [4.69, 9.17) is 18.9 Å². The number of ether oxygens (including phenoxy) is 4. The van der Waals surface area contributed by atoms with E-state index in [0.717, 1.165) is 28.3 Å². The number of methoxy groups -OCH3 is 3. The number of nitrogens with zero attached hydrogens (tertiary/aromatic N) is 3. The fourth-order valence-corrected chi connectivity index (χ4v) is 4.22. The van der Waals surface area contributed by atoms with E-state index >= 15 is 0 Å². The number of fused-ring (bicyclic) bond motifs is 1. The highest BCUT2D eigenvalue weighted by atomic mass is 16.5. The van der Waals surface area contributed by atoms with Crippen molar-refractivity contribution in [3.8, 4) is 23.0 Å². The van der Waals surface area contributed by atoms with Gasteiger partial charge < -0.3 is 34.5 Å². The minimum atomic E-state index is -0.275. The highest BCUT2D eigenvalue weighted by Gasteiger charge is 2.26. The van der Waals surface area contributed by atoms with Gasteiger partial charge in [-0.05, 0) is 29.8 Å². The minimum Gasteiger partial charge on any atom is -0.493 e. The smallest absolute Gasteiger partial charge is 0.322 e. The van der Waals surface area contributed by atoms with Crippen LogP contribution in [0, 0.1) is 0 Å². The fourth-order valence-electron chi connectivity index (χ4n) is 4.22. The second kappa shape index (κ2) is 11.6. The first-order valence-electron chi connectivity index (χ1n) is 12.3. The van der Waals surface area contributed by atoms with Gasteiger partial charge in [0, 0.05) is 29.6 Å². The Hall–Kier alpha value is -4.99. The van der Waals surface area contributed by atoms with E-state index in [1.165, 1.54) is 21.3 Å². The average molecular weight is 528 g/mol. The van der Waals surface area contributed by atoms with Crippen LogP contribution in [0.1, 0.15) is 16.8 Å². The van der Waals surface area contributed by atoms with Gasteiger partial charge in [-0.25, -0.2) is 14.8 Å². The lowest BCUT2D eigenvalue weighted by Crippen LogP contribution is -2.30. The molecule has 2 N–H and O–H groups in total. The van der Waals surface area contributed by atoms with Crippen LogP contribution in [0.5, 0.6) is 23.0 Å². The number of rotatable bonds is 9. The zero-order chi connectivity index (χ0) is 27.2. The summed E-state index contributed by atoms with van der Waals surface area (Å²) in [6, 6.07) is 20.7. The van der Waals surface area contributed by atoms with Crippen molar-refractivity contribution in [2.75, 3.05) is 32.0 Å². The van der Waals surface area contributed by atoms with Crippen LogP contribution in [0.25, 0.3) is 0 Å². The van der Waals surface area contributed by atoms with Gasteiger partial charge in [0.15, 0.2) is 11.5 Å². The normalized spacial score (nSPS) is 11.9. The Balaban J connectivity index is 1.19. The summed E-state index contributed by atoms with van der Waals surface area (Å²) in [4.78, 5) is 23.7. The summed E-state index contributed by atoms with van der Waals surface area (Å²) < 4.78 is 21.9. The molecule has 0 unspecified atom stereocenters. The first kappa shape index (κ1) is 25.7. The van der Waals surface area contributed by atoms with Gasteiger partial charge in [-0.1, -0.05) is 30.3 Å². The summed E-state index contributed by atoms with van der Waals surface area (Å²) in [7, 11) is 4.58. The molecular weight excluding hydrogens is 498 g/mol. The molecule has 10 nitrogen and oxygen atoms in total. The van der Waals surface area contributed by atoms with E-state index in [0.29, 0.717) is 48.6 Å². The summed E-state index contributed by atoms with van der Waals surface area (Å²) >= 11 is 0. The summed E-state index contributed by atoms with van der Waals surface area (Å²) in [5.74, 6) is 2.59. The summed E-state index contributed by atoms with van der Waals surface area (Å²) in [6.07, 6.45) is 1.74. The van der Waals surface area contributed by atoms with Crippen LogP contribution in [0.2, 0.25) is 0 Å². The van der Waals surface area contributed by atoms with Crippen molar-refractivity contribution in [2.24, 2.45) is 0 Å². The molecule has 2 amide bonds. The zero-order valence-corrected chi connectivity index (χ0v) is 21.9. The number of benzene rings is 3. The van der Waals surface area contributed by atoms with Gasteiger partial charge in [0.25, 0.3) is 0 Å². The van der Waals surface area contributed by atoms with Crippen molar-refractivity contribution in [1.29, 1.82) is 0 Å². The molecule has 0 fully saturated rings. The molecule has 0 bridgehead atoms. The minimum absolute atomic E-state index is 0.275. The maximum atomic E-state index is 13.0. The van der Waals surface area contributed by atoms with E-state index in [1.54, 1.807) is 23.2 Å². The molecule has 10 heteroatoms. The van der Waals surface area contributed by atoms with Crippen molar-refractivity contribution in [1.82, 2.24) is 14.9 Å². The van der Waals surface area contributed by atoms with Gasteiger partial charge in [0.1, 0.15) is 12.4 Å². The molecule has 0 radical (unpaired) electrons. The number of aromatic nitrogens is 2. The SMILES string of the molecule is COc1cc(NC(=O)N2Cc3cnc(Nc4ccc(OCc5ccccc5)cc4)nc3C2)cc(OC)c1OC. The number of anilines is 3. The van der Waals surface area contributed by atoms with Gasteiger partial charge in [-0.2, -0.15) is 0 Å². The number of nitrogens with one attached hydrogen (secondary N) is 2. The highest BCUT2D eigenvalue weighted by Crippen LogP contribution is 2.40. The molecule has 5 rings (SSSR count). The molecule has 39 heavy (non-hydrogen) atoms. The standard InChI is InChI=1S/C29H29N5O5/c1-36-25-13-22(14-26(37-2)27(25)38-3)32-29(35)34-16-20-15-30-28(33-24(20)17-34)31-21-9-11-23(12-10-21)39-18-19-7-5-4-6-8-19/h4-15H,16-18H2,1-3H3,(H,32,35)(H,30,31,33). The number of urea groups is 1. The lowest BCUT2D eigenvalue weighted by Gasteiger charge is -2.18. The first-order chi connectivity index (χ1) is 19.1. The third kappa shape index (κ3) is 5.96. The van der Waals surface area contributed by atoms with Crippen LogP contribution in [-0.2, 0) is 19.7 Å². The van der Waals surface area contributed by atoms with E-state index in [2.05, 4.69) is 20.6 Å². The number of carbonyl (C=O) groups is 1. The lowest BCUT2D eigenvalue weighted by atomic mass is 10.2. The molecule has 0 saturated carbocycles. The van der Waals surface area contributed by atoms with E-state index < -0.39 is 0 Å². The van der Waals surface area contributed by atoms with Gasteiger partial charge >= 0.3 is 6.03 Å². The summed E-state index contributed by atoms with van der Waals surface area (Å²) in [6.45, 7) is 1.26. The second-order valence-corrected chi connectivity index (χ2v) is 8.79. The molecule has 0 atom stereocenters. The van der Waals surface area contributed by atoms with Crippen LogP contribution < -0.4 is 29.6 Å². The van der Waals surface area contributed by atoms with Gasteiger partial charge in [-0.15, -0.1) is 0 Å². The highest BCUT2D eigenvalue weighted by molar-refractivity contribution is 5.90. The van der Waals surface area contributed by atoms with Crippen LogP contribution in [0.3, 0.4) is 0 Å². The summed E-state index contributed by atoms with van der Waals surface area (Å²) in [5.41, 5.74) is 4.14. The molecule has 1 aliphatic heterocycles. The van der Waals surface area contributed by atoms with E-state index in [-0.39, 0.29) is 6.03 Å². The molecule has 2 heterocycles. The Kier molecular flexibility index (Phi) is 7.63. The predicted molar refractivity (Wildman–Crippen MR) is 147 cm³/mol. The maximum absolute atomic E-state index is 13.0. The van der Waals surface area contributed by atoms with Crippen molar-refractivity contribution in [2.45, 2.75) is 19.7 Å². The van der Waals surface area contributed by atoms with Gasteiger partial charge in [-0.3, -0.25) is 0 Å². The molecule has 0 aliphatic carbocycles. The Morgan fingerprint density at radius 3 is 2.28 bits per heavy atom. The predicted octanol–water partition coefficient (Wildman–Crippen LogP) is 5.37. The average Bonchev–Trinajstić information content (AvgIpc) is 3.40. The van der Waals surface area contributed by atoms with Crippen LogP contribution >= 0.6 is 0 Å². The van der Waals surface area contributed by atoms with Gasteiger partial charge in [0.2, 0.25) is 11.7 Å². The third-order valence-electron chi connectivity index (χ3n) is 6.22. The number of hydrogen-bond acceptors (Lipinski definition) is 8. The molecule has 1 aliphatic rings. The fraction of sp³-hybridized carbons (Fsp3) is 0.207. The molecule has 0 spiro atoms. The van der Waals surface area contributed by atoms with Crippen LogP contribution in [-0.4, -0.2) is 42.2 Å². The van der Waals surface area contributed by atoms with Crippen molar-refractivity contribution in [3.05, 3.63) is 89.7 Å². The number of hydrogen-bond donors (Lipinski definition) is 2. The molecule has 0 saturated heterocycles. The Bertz CT molecular complexity index is 1420. The third-order valence-corrected chi connectivity index (χ3v) is 6.22. The molecular formula is C29H29N5O5. The Morgan fingerprint density at radius 2 is 1.62 bits per heavy atom. The summed E-state index contributed by atoms with van der Waals surface area (Å²) in [5, 5.41) is 6.11. The monoisotopic (exact) mass is 527 g/mol.